The molecular weight excluding hydrogens is 250 g/mol. The number of nitrogens with zero attached hydrogens (tertiary/aromatic N) is 2. The third-order valence-electron chi connectivity index (χ3n) is 2.69. The van der Waals surface area contributed by atoms with E-state index in [0.717, 1.165) is 0 Å². The molecule has 18 heavy (non-hydrogen) atoms. The maximum absolute atomic E-state index is 5.47. The van der Waals surface area contributed by atoms with Crippen molar-refractivity contribution in [3.05, 3.63) is 54.2 Å². The molecule has 0 spiro atoms. The first-order valence-corrected chi connectivity index (χ1v) is 5.41. The minimum atomic E-state index is 0. The van der Waals surface area contributed by atoms with Crippen molar-refractivity contribution in [2.24, 2.45) is 0 Å². The summed E-state index contributed by atoms with van der Waals surface area (Å²) in [5, 5.41) is 6.27. The van der Waals surface area contributed by atoms with Crippen molar-refractivity contribution < 1.29 is 21.6 Å². The SMILES string of the molecule is Nc1c[n+](Cc2ccc3ccccc3c2)no1.[Cl-]. The van der Waals surface area contributed by atoms with Gasteiger partial charge in [0.05, 0.1) is 0 Å². The normalized spacial score (nSPS) is 10.2. The van der Waals surface area contributed by atoms with Gasteiger partial charge in [-0.3, -0.25) is 4.52 Å². The second-order valence-electron chi connectivity index (χ2n) is 3.98. The number of rotatable bonds is 2. The largest absolute Gasteiger partial charge is 1.00 e. The Hall–Kier alpha value is -2.07. The van der Waals surface area contributed by atoms with E-state index in [9.17, 15) is 0 Å². The van der Waals surface area contributed by atoms with Crippen LogP contribution < -0.4 is 22.8 Å². The van der Waals surface area contributed by atoms with Crippen LogP contribution in [0.15, 0.2) is 53.2 Å². The van der Waals surface area contributed by atoms with Crippen LogP contribution in [0.25, 0.3) is 10.8 Å². The molecule has 0 unspecified atom stereocenters. The molecule has 0 amide bonds. The third kappa shape index (κ3) is 2.43. The monoisotopic (exact) mass is 261 g/mol. The molecule has 3 rings (SSSR count). The Balaban J connectivity index is 0.00000120. The predicted molar refractivity (Wildman–Crippen MR) is 64.2 cm³/mol. The number of benzene rings is 2. The molecule has 0 saturated heterocycles. The van der Waals surface area contributed by atoms with Crippen LogP contribution in [0, 0.1) is 0 Å². The molecule has 0 saturated carbocycles. The molecule has 3 aromatic rings. The lowest BCUT2D eigenvalue weighted by Crippen LogP contribution is -3.00. The van der Waals surface area contributed by atoms with Crippen LogP contribution in [0.2, 0.25) is 0 Å². The third-order valence-corrected chi connectivity index (χ3v) is 2.69. The minimum absolute atomic E-state index is 0. The second-order valence-corrected chi connectivity index (χ2v) is 3.98. The second kappa shape index (κ2) is 5.06. The van der Waals surface area contributed by atoms with Gasteiger partial charge in [0.2, 0.25) is 11.8 Å². The molecule has 92 valence electrons. The van der Waals surface area contributed by atoms with E-state index in [1.807, 2.05) is 12.1 Å². The lowest BCUT2D eigenvalue weighted by atomic mass is 10.1. The summed E-state index contributed by atoms with van der Waals surface area (Å²) in [6, 6.07) is 14.6. The van der Waals surface area contributed by atoms with Gasteiger partial charge in [-0.25, -0.2) is 0 Å². The molecule has 0 aliphatic carbocycles. The Bertz CT molecular complexity index is 666. The van der Waals surface area contributed by atoms with Crippen molar-refractivity contribution in [1.82, 2.24) is 5.27 Å². The number of hydrogen-bond donors (Lipinski definition) is 1. The summed E-state index contributed by atoms with van der Waals surface area (Å²) in [6.07, 6.45) is 1.68. The first-order chi connectivity index (χ1) is 8.31. The lowest BCUT2D eigenvalue weighted by molar-refractivity contribution is -0.754. The van der Waals surface area contributed by atoms with Crippen molar-refractivity contribution >= 4 is 16.7 Å². The number of aromatic nitrogens is 2. The smallest absolute Gasteiger partial charge is 0.293 e. The first kappa shape index (κ1) is 12.4. The number of nitrogen functional groups attached to an aromatic ring is 1. The van der Waals surface area contributed by atoms with Gasteiger partial charge in [-0.1, -0.05) is 36.4 Å². The first-order valence-electron chi connectivity index (χ1n) is 5.41. The summed E-state index contributed by atoms with van der Waals surface area (Å²) in [7, 11) is 0. The number of fused-ring (bicyclic) bond motifs is 1. The maximum atomic E-state index is 5.47. The predicted octanol–water partition coefficient (Wildman–Crippen LogP) is -1.25. The van der Waals surface area contributed by atoms with Crippen LogP contribution in [0.1, 0.15) is 5.56 Å². The van der Waals surface area contributed by atoms with Crippen LogP contribution in [0.4, 0.5) is 5.88 Å². The molecule has 0 fully saturated rings. The van der Waals surface area contributed by atoms with E-state index in [4.69, 9.17) is 10.3 Å². The van der Waals surface area contributed by atoms with Gasteiger partial charge in [0.25, 0.3) is 12.1 Å². The number of nitrogens with two attached hydrogens (primary N) is 1. The molecule has 4 nitrogen and oxygen atoms in total. The van der Waals surface area contributed by atoms with Gasteiger partial charge in [-0.15, -0.1) is 0 Å². The molecule has 5 heteroatoms. The molecule has 0 atom stereocenters. The quantitative estimate of drug-likeness (QED) is 0.587. The van der Waals surface area contributed by atoms with Crippen LogP contribution in [0.3, 0.4) is 0 Å². The highest BCUT2D eigenvalue weighted by molar-refractivity contribution is 5.82. The highest BCUT2D eigenvalue weighted by atomic mass is 35.5. The summed E-state index contributed by atoms with van der Waals surface area (Å²) in [4.78, 5) is 0. The average Bonchev–Trinajstić information content (AvgIpc) is 2.75. The summed E-state index contributed by atoms with van der Waals surface area (Å²) in [5.74, 6) is 0.325. The van der Waals surface area contributed by atoms with Crippen LogP contribution in [-0.2, 0) is 6.54 Å². The maximum Gasteiger partial charge on any atom is 0.293 e. The van der Waals surface area contributed by atoms with Crippen molar-refractivity contribution in [2.45, 2.75) is 6.54 Å². The topological polar surface area (TPSA) is 55.9 Å². The summed E-state index contributed by atoms with van der Waals surface area (Å²) < 4.78 is 6.49. The number of anilines is 1. The molecule has 2 N–H and O–H groups in total. The van der Waals surface area contributed by atoms with E-state index in [1.165, 1.54) is 16.3 Å². The molecule has 0 radical (unpaired) electrons. The minimum Gasteiger partial charge on any atom is -1.00 e. The van der Waals surface area contributed by atoms with Crippen molar-refractivity contribution in [3.8, 4) is 0 Å². The van der Waals surface area contributed by atoms with Gasteiger partial charge in [0.1, 0.15) is 0 Å². The van der Waals surface area contributed by atoms with E-state index in [-0.39, 0.29) is 12.4 Å². The molecular formula is C13H12ClN3O. The Kier molecular flexibility index (Phi) is 3.48. The van der Waals surface area contributed by atoms with Gasteiger partial charge in [-0.05, 0) is 21.5 Å². The molecule has 0 bridgehead atoms. The Morgan fingerprint density at radius 2 is 1.89 bits per heavy atom. The van der Waals surface area contributed by atoms with E-state index in [0.29, 0.717) is 12.4 Å². The zero-order valence-electron chi connectivity index (χ0n) is 9.58. The van der Waals surface area contributed by atoms with Gasteiger partial charge < -0.3 is 18.1 Å². The molecule has 2 aromatic carbocycles. The van der Waals surface area contributed by atoms with Crippen molar-refractivity contribution in [1.29, 1.82) is 0 Å². The van der Waals surface area contributed by atoms with Crippen LogP contribution in [-0.4, -0.2) is 5.27 Å². The van der Waals surface area contributed by atoms with Crippen molar-refractivity contribution in [2.75, 3.05) is 5.73 Å². The summed E-state index contributed by atoms with van der Waals surface area (Å²) in [6.45, 7) is 0.658. The van der Waals surface area contributed by atoms with Gasteiger partial charge in [-0.2, -0.15) is 0 Å². The van der Waals surface area contributed by atoms with E-state index >= 15 is 0 Å². The standard InChI is InChI=1S/C13H12N3O.ClH/c14-13-9-16(15-17-13)8-10-5-6-11-3-1-2-4-12(11)7-10;/h1-7,9H,8,14H2;1H/q+1;/p-1. The Labute approximate surface area is 110 Å². The molecule has 1 aromatic heterocycles. The highest BCUT2D eigenvalue weighted by Crippen LogP contribution is 2.15. The molecule has 1 heterocycles. The summed E-state index contributed by atoms with van der Waals surface area (Å²) in [5.41, 5.74) is 6.64. The van der Waals surface area contributed by atoms with Gasteiger partial charge >= 0.3 is 0 Å². The van der Waals surface area contributed by atoms with Crippen LogP contribution in [0.5, 0.6) is 0 Å². The highest BCUT2D eigenvalue weighted by Gasteiger charge is 2.09. The molecule has 0 aliphatic rings. The van der Waals surface area contributed by atoms with Gasteiger partial charge in [0.15, 0.2) is 0 Å². The average molecular weight is 262 g/mol. The Morgan fingerprint density at radius 3 is 2.61 bits per heavy atom. The number of halogens is 1. The van der Waals surface area contributed by atoms with E-state index in [1.54, 1.807) is 10.9 Å². The zero-order chi connectivity index (χ0) is 11.7. The number of hydrogen-bond acceptors (Lipinski definition) is 3. The van der Waals surface area contributed by atoms with Crippen molar-refractivity contribution in [3.63, 3.8) is 0 Å². The van der Waals surface area contributed by atoms with Gasteiger partial charge in [0, 0.05) is 5.56 Å². The zero-order valence-corrected chi connectivity index (χ0v) is 10.3. The summed E-state index contributed by atoms with van der Waals surface area (Å²) >= 11 is 0. The fourth-order valence-electron chi connectivity index (χ4n) is 1.89. The van der Waals surface area contributed by atoms with E-state index in [2.05, 4.69) is 35.6 Å². The molecule has 0 aliphatic heterocycles. The van der Waals surface area contributed by atoms with E-state index < -0.39 is 0 Å². The lowest BCUT2D eigenvalue weighted by Gasteiger charge is -1.98. The fourth-order valence-corrected chi connectivity index (χ4v) is 1.89. The van der Waals surface area contributed by atoms with Crippen LogP contribution >= 0.6 is 0 Å². The Morgan fingerprint density at radius 1 is 1.11 bits per heavy atom. The fraction of sp³-hybridized carbons (Fsp3) is 0.0769.